The van der Waals surface area contributed by atoms with Crippen LogP contribution < -0.4 is 11.4 Å². The molecule has 112 valence electrons. The molecule has 2 rings (SSSR count). The number of hydrogen-bond donors (Lipinski definition) is 2. The van der Waals surface area contributed by atoms with E-state index < -0.39 is 4.92 Å². The summed E-state index contributed by atoms with van der Waals surface area (Å²) < 4.78 is 1.57. The standard InChI is InChI=1S/C12H15N5O3S/c1-2-5-16-11(18)14-15-12(16)21-7-8-3-4-10(17(19)20)9(13)6-8/h3-4,6H,2,5,7,13H2,1H3,(H,14,18). The Balaban J connectivity index is 2.12. The summed E-state index contributed by atoms with van der Waals surface area (Å²) in [4.78, 5) is 21.7. The fraction of sp³-hybridized carbons (Fsp3) is 0.333. The van der Waals surface area contributed by atoms with Crippen LogP contribution in [0.2, 0.25) is 0 Å². The molecule has 9 heteroatoms. The largest absolute Gasteiger partial charge is 0.393 e. The van der Waals surface area contributed by atoms with Crippen LogP contribution in [0.15, 0.2) is 28.2 Å². The molecule has 0 bridgehead atoms. The number of benzene rings is 1. The highest BCUT2D eigenvalue weighted by molar-refractivity contribution is 7.98. The fourth-order valence-electron chi connectivity index (χ4n) is 1.84. The second-order valence-electron chi connectivity index (χ2n) is 4.40. The molecule has 1 aromatic carbocycles. The molecule has 0 spiro atoms. The van der Waals surface area contributed by atoms with E-state index >= 15 is 0 Å². The van der Waals surface area contributed by atoms with Crippen LogP contribution in [0.3, 0.4) is 0 Å². The number of H-pyrrole nitrogens is 1. The van der Waals surface area contributed by atoms with Crippen LogP contribution in [0.25, 0.3) is 0 Å². The smallest absolute Gasteiger partial charge is 0.343 e. The summed E-state index contributed by atoms with van der Waals surface area (Å²) in [6.07, 6.45) is 0.831. The Morgan fingerprint density at radius 3 is 2.90 bits per heavy atom. The molecule has 2 aromatic rings. The Hall–Kier alpha value is -2.29. The number of nitrogens with two attached hydrogens (primary N) is 1. The van der Waals surface area contributed by atoms with Crippen LogP contribution in [-0.2, 0) is 12.3 Å². The zero-order valence-corrected chi connectivity index (χ0v) is 12.2. The number of aromatic amines is 1. The van der Waals surface area contributed by atoms with Gasteiger partial charge in [-0.2, -0.15) is 0 Å². The van der Waals surface area contributed by atoms with Gasteiger partial charge < -0.3 is 5.73 Å². The van der Waals surface area contributed by atoms with E-state index in [1.807, 2.05) is 6.92 Å². The molecule has 0 radical (unpaired) electrons. The minimum atomic E-state index is -0.515. The predicted molar refractivity (Wildman–Crippen MR) is 80.2 cm³/mol. The van der Waals surface area contributed by atoms with Crippen molar-refractivity contribution in [1.29, 1.82) is 0 Å². The quantitative estimate of drug-likeness (QED) is 0.363. The van der Waals surface area contributed by atoms with Crippen molar-refractivity contribution >= 4 is 23.1 Å². The number of nitrogen functional groups attached to an aromatic ring is 1. The average molecular weight is 309 g/mol. The van der Waals surface area contributed by atoms with Crippen molar-refractivity contribution < 1.29 is 4.92 Å². The molecule has 0 unspecified atom stereocenters. The van der Waals surface area contributed by atoms with Gasteiger partial charge in [0, 0.05) is 18.4 Å². The van der Waals surface area contributed by atoms with Crippen molar-refractivity contribution in [3.8, 4) is 0 Å². The summed E-state index contributed by atoms with van der Waals surface area (Å²) in [7, 11) is 0. The third-order valence-electron chi connectivity index (χ3n) is 2.83. The third kappa shape index (κ3) is 3.43. The highest BCUT2D eigenvalue weighted by atomic mass is 32.2. The van der Waals surface area contributed by atoms with E-state index in [1.165, 1.54) is 17.8 Å². The zero-order valence-electron chi connectivity index (χ0n) is 11.4. The second kappa shape index (κ2) is 6.44. The third-order valence-corrected chi connectivity index (χ3v) is 3.87. The fourth-order valence-corrected chi connectivity index (χ4v) is 2.76. The number of rotatable bonds is 6. The van der Waals surface area contributed by atoms with Crippen LogP contribution in [0.5, 0.6) is 0 Å². The molecule has 0 aliphatic heterocycles. The summed E-state index contributed by atoms with van der Waals surface area (Å²) in [6, 6.07) is 4.60. The molecule has 21 heavy (non-hydrogen) atoms. The lowest BCUT2D eigenvalue weighted by molar-refractivity contribution is -0.383. The zero-order chi connectivity index (χ0) is 15.4. The number of nitro benzene ring substituents is 1. The van der Waals surface area contributed by atoms with Gasteiger partial charge in [-0.25, -0.2) is 9.89 Å². The first-order valence-corrected chi connectivity index (χ1v) is 7.32. The van der Waals surface area contributed by atoms with Gasteiger partial charge in [0.1, 0.15) is 5.69 Å². The van der Waals surface area contributed by atoms with Gasteiger partial charge in [-0.3, -0.25) is 14.7 Å². The molecule has 3 N–H and O–H groups in total. The van der Waals surface area contributed by atoms with Gasteiger partial charge in [-0.1, -0.05) is 24.8 Å². The van der Waals surface area contributed by atoms with E-state index in [1.54, 1.807) is 16.7 Å². The van der Waals surface area contributed by atoms with Gasteiger partial charge in [-0.15, -0.1) is 5.10 Å². The summed E-state index contributed by atoms with van der Waals surface area (Å²) in [5.74, 6) is 0.524. The Labute approximate surface area is 124 Å². The van der Waals surface area contributed by atoms with Crippen molar-refractivity contribution in [2.75, 3.05) is 5.73 Å². The van der Waals surface area contributed by atoms with E-state index in [0.29, 0.717) is 17.5 Å². The van der Waals surface area contributed by atoms with Gasteiger partial charge in [0.25, 0.3) is 5.69 Å². The van der Waals surface area contributed by atoms with Gasteiger partial charge in [-0.05, 0) is 18.1 Å². The van der Waals surface area contributed by atoms with Gasteiger partial charge in [0.2, 0.25) is 0 Å². The molecule has 0 atom stereocenters. The number of nitrogens with one attached hydrogen (secondary N) is 1. The van der Waals surface area contributed by atoms with Crippen molar-refractivity contribution in [1.82, 2.24) is 14.8 Å². The Bertz CT molecular complexity index is 709. The second-order valence-corrected chi connectivity index (χ2v) is 5.34. The number of nitrogens with zero attached hydrogens (tertiary/aromatic N) is 3. The molecule has 0 fully saturated rings. The molecule has 0 saturated heterocycles. The van der Waals surface area contributed by atoms with Crippen LogP contribution in [0, 0.1) is 10.1 Å². The van der Waals surface area contributed by atoms with E-state index in [-0.39, 0.29) is 17.1 Å². The van der Waals surface area contributed by atoms with Crippen LogP contribution in [-0.4, -0.2) is 19.7 Å². The van der Waals surface area contributed by atoms with E-state index in [0.717, 1.165) is 12.0 Å². The number of hydrogen-bond acceptors (Lipinski definition) is 6. The van der Waals surface area contributed by atoms with Gasteiger partial charge >= 0.3 is 5.69 Å². The molecule has 0 saturated carbocycles. The van der Waals surface area contributed by atoms with Gasteiger partial charge in [0.05, 0.1) is 4.92 Å². The molecule has 0 aliphatic rings. The van der Waals surface area contributed by atoms with Crippen molar-refractivity contribution in [3.05, 3.63) is 44.4 Å². The number of anilines is 1. The topological polar surface area (TPSA) is 120 Å². The summed E-state index contributed by atoms with van der Waals surface area (Å²) in [6.45, 7) is 2.57. The monoisotopic (exact) mass is 309 g/mol. The van der Waals surface area contributed by atoms with Crippen LogP contribution in [0.1, 0.15) is 18.9 Å². The summed E-state index contributed by atoms with van der Waals surface area (Å²) in [5, 5.41) is 17.7. The van der Waals surface area contributed by atoms with Crippen molar-refractivity contribution in [2.24, 2.45) is 0 Å². The van der Waals surface area contributed by atoms with Crippen LogP contribution in [0.4, 0.5) is 11.4 Å². The lowest BCUT2D eigenvalue weighted by atomic mass is 10.2. The first-order valence-electron chi connectivity index (χ1n) is 6.33. The first-order chi connectivity index (χ1) is 10.0. The lowest BCUT2D eigenvalue weighted by Crippen LogP contribution is -2.17. The molecule has 1 aromatic heterocycles. The maximum Gasteiger partial charge on any atom is 0.343 e. The predicted octanol–water partition coefficient (Wildman–Crippen LogP) is 1.76. The van der Waals surface area contributed by atoms with E-state index in [2.05, 4.69) is 10.2 Å². The average Bonchev–Trinajstić information content (AvgIpc) is 2.78. The molecule has 0 amide bonds. The number of nitro groups is 1. The first kappa shape index (κ1) is 15.1. The normalized spacial score (nSPS) is 10.7. The Kier molecular flexibility index (Phi) is 4.63. The summed E-state index contributed by atoms with van der Waals surface area (Å²) >= 11 is 1.38. The minimum Gasteiger partial charge on any atom is -0.393 e. The maximum atomic E-state index is 11.6. The SMILES string of the molecule is CCCn1c(SCc2ccc([N+](=O)[O-])c(N)c2)n[nH]c1=O. The minimum absolute atomic E-state index is 0.105. The number of aromatic nitrogens is 3. The van der Waals surface area contributed by atoms with E-state index in [4.69, 9.17) is 5.73 Å². The highest BCUT2D eigenvalue weighted by Crippen LogP contribution is 2.26. The molecule has 1 heterocycles. The van der Waals surface area contributed by atoms with Crippen LogP contribution >= 0.6 is 11.8 Å². The molecular weight excluding hydrogens is 294 g/mol. The maximum absolute atomic E-state index is 11.6. The number of thioether (sulfide) groups is 1. The Morgan fingerprint density at radius 1 is 1.52 bits per heavy atom. The van der Waals surface area contributed by atoms with Crippen molar-refractivity contribution in [3.63, 3.8) is 0 Å². The summed E-state index contributed by atoms with van der Waals surface area (Å²) in [5.41, 5.74) is 6.27. The van der Waals surface area contributed by atoms with Crippen molar-refractivity contribution in [2.45, 2.75) is 30.8 Å². The molecule has 0 aliphatic carbocycles. The molecular formula is C12H15N5O3S. The Morgan fingerprint density at radius 2 is 2.29 bits per heavy atom. The lowest BCUT2D eigenvalue weighted by Gasteiger charge is -2.05. The van der Waals surface area contributed by atoms with Gasteiger partial charge in [0.15, 0.2) is 5.16 Å². The highest BCUT2D eigenvalue weighted by Gasteiger charge is 2.12. The molecule has 8 nitrogen and oxygen atoms in total. The van der Waals surface area contributed by atoms with E-state index in [9.17, 15) is 14.9 Å².